The highest BCUT2D eigenvalue weighted by atomic mass is 16.2. The van der Waals surface area contributed by atoms with Crippen molar-refractivity contribution in [2.24, 2.45) is 0 Å². The van der Waals surface area contributed by atoms with Gasteiger partial charge in [0.1, 0.15) is 5.69 Å². The first-order chi connectivity index (χ1) is 13.3. The number of amides is 1. The van der Waals surface area contributed by atoms with Gasteiger partial charge in [0.2, 0.25) is 5.91 Å². The molecule has 5 heteroatoms. The quantitative estimate of drug-likeness (QED) is 0.610. The highest BCUT2D eigenvalue weighted by Crippen LogP contribution is 2.31. The number of nitrogens with one attached hydrogen (secondary N) is 1. The first-order valence-corrected chi connectivity index (χ1v) is 9.00. The van der Waals surface area contributed by atoms with Crippen LogP contribution in [0.15, 0.2) is 67.0 Å². The predicted molar refractivity (Wildman–Crippen MR) is 104 cm³/mol. The first kappa shape index (κ1) is 15.8. The summed E-state index contributed by atoms with van der Waals surface area (Å²) in [5, 5.41) is 8.68. The van der Waals surface area contributed by atoms with E-state index in [1.807, 2.05) is 35.2 Å². The van der Waals surface area contributed by atoms with Crippen LogP contribution < -0.4 is 0 Å². The second-order valence-corrected chi connectivity index (χ2v) is 6.89. The average molecular weight is 354 g/mol. The Morgan fingerprint density at radius 1 is 1.00 bits per heavy atom. The molecule has 2 aromatic heterocycles. The van der Waals surface area contributed by atoms with Crippen LogP contribution >= 0.6 is 0 Å². The van der Waals surface area contributed by atoms with E-state index in [9.17, 15) is 4.79 Å². The maximum absolute atomic E-state index is 12.6. The lowest BCUT2D eigenvalue weighted by Crippen LogP contribution is -2.35. The van der Waals surface area contributed by atoms with Gasteiger partial charge in [0.25, 0.3) is 0 Å². The summed E-state index contributed by atoms with van der Waals surface area (Å²) >= 11 is 0. The third kappa shape index (κ3) is 2.87. The van der Waals surface area contributed by atoms with E-state index < -0.39 is 0 Å². The molecule has 2 aromatic carbocycles. The van der Waals surface area contributed by atoms with Crippen LogP contribution in [0, 0.1) is 0 Å². The number of rotatable bonds is 3. The van der Waals surface area contributed by atoms with Crippen LogP contribution in [0.5, 0.6) is 0 Å². The van der Waals surface area contributed by atoms with Gasteiger partial charge < -0.3 is 4.90 Å². The number of aromatic nitrogens is 3. The molecular weight excluding hydrogens is 336 g/mol. The molecule has 0 aliphatic carbocycles. The number of carbonyl (C=O) groups is 1. The van der Waals surface area contributed by atoms with Crippen molar-refractivity contribution in [1.29, 1.82) is 0 Å². The van der Waals surface area contributed by atoms with Crippen LogP contribution in [0.25, 0.3) is 22.2 Å². The maximum Gasteiger partial charge on any atom is 0.227 e. The summed E-state index contributed by atoms with van der Waals surface area (Å²) in [6, 6.07) is 18.3. The summed E-state index contributed by atoms with van der Waals surface area (Å²) in [7, 11) is 0. The van der Waals surface area contributed by atoms with Gasteiger partial charge in [0.05, 0.1) is 11.9 Å². The van der Waals surface area contributed by atoms with Crippen LogP contribution in [0.3, 0.4) is 0 Å². The second-order valence-electron chi connectivity index (χ2n) is 6.89. The highest BCUT2D eigenvalue weighted by molar-refractivity contribution is 5.95. The molecule has 3 heterocycles. The molecule has 5 rings (SSSR count). The number of carbonyl (C=O) groups excluding carboxylic acids is 1. The minimum absolute atomic E-state index is 0.166. The van der Waals surface area contributed by atoms with Crippen molar-refractivity contribution < 1.29 is 4.79 Å². The number of H-pyrrole nitrogens is 1. The van der Waals surface area contributed by atoms with E-state index in [4.69, 9.17) is 0 Å². The molecule has 0 saturated heterocycles. The van der Waals surface area contributed by atoms with E-state index in [2.05, 4.69) is 39.4 Å². The van der Waals surface area contributed by atoms with Crippen molar-refractivity contribution in [1.82, 2.24) is 20.1 Å². The molecule has 27 heavy (non-hydrogen) atoms. The Morgan fingerprint density at radius 2 is 1.81 bits per heavy atom. The lowest BCUT2D eigenvalue weighted by molar-refractivity contribution is -0.132. The number of fused-ring (bicyclic) bond motifs is 2. The molecular formula is C22H18N4O. The minimum Gasteiger partial charge on any atom is -0.334 e. The largest absolute Gasteiger partial charge is 0.334 e. The van der Waals surface area contributed by atoms with Crippen LogP contribution in [-0.4, -0.2) is 26.0 Å². The fourth-order valence-electron chi connectivity index (χ4n) is 3.71. The highest BCUT2D eigenvalue weighted by Gasteiger charge is 2.24. The monoisotopic (exact) mass is 354 g/mol. The molecule has 1 N–H and O–H groups in total. The number of benzene rings is 2. The second kappa shape index (κ2) is 6.36. The molecule has 0 saturated carbocycles. The number of pyridine rings is 1. The summed E-state index contributed by atoms with van der Waals surface area (Å²) < 4.78 is 0. The molecule has 0 unspecified atom stereocenters. The molecule has 0 atom stereocenters. The standard InChI is InChI=1S/C22H18N4O/c27-21-12-17-11-20-19(22(25-24-20)16-6-8-23-9-7-16)10-18(17)14-26(21)13-15-4-2-1-3-5-15/h1-11H,12-14H2,(H,24,25). The Morgan fingerprint density at radius 3 is 2.63 bits per heavy atom. The topological polar surface area (TPSA) is 61.9 Å². The molecule has 0 fully saturated rings. The third-order valence-corrected chi connectivity index (χ3v) is 5.11. The van der Waals surface area contributed by atoms with Gasteiger partial charge in [-0.1, -0.05) is 30.3 Å². The lowest BCUT2D eigenvalue weighted by Gasteiger charge is -2.29. The molecule has 0 radical (unpaired) electrons. The summed E-state index contributed by atoms with van der Waals surface area (Å²) in [5.41, 5.74) is 6.34. The molecule has 132 valence electrons. The Hall–Kier alpha value is -3.47. The molecule has 5 nitrogen and oxygen atoms in total. The lowest BCUT2D eigenvalue weighted by atomic mass is 9.95. The first-order valence-electron chi connectivity index (χ1n) is 9.00. The van der Waals surface area contributed by atoms with Gasteiger partial charge in [-0.3, -0.25) is 14.9 Å². The molecule has 1 aliphatic heterocycles. The Labute approximate surface area is 156 Å². The Balaban J connectivity index is 1.52. The summed E-state index contributed by atoms with van der Waals surface area (Å²) in [4.78, 5) is 18.6. The molecule has 0 spiro atoms. The van der Waals surface area contributed by atoms with Gasteiger partial charge in [0, 0.05) is 36.4 Å². The summed E-state index contributed by atoms with van der Waals surface area (Å²) in [5.74, 6) is 0.166. The number of nitrogens with zero attached hydrogens (tertiary/aromatic N) is 3. The van der Waals surface area contributed by atoms with Gasteiger partial charge in [-0.25, -0.2) is 0 Å². The zero-order valence-electron chi connectivity index (χ0n) is 14.7. The van der Waals surface area contributed by atoms with E-state index in [1.165, 1.54) is 5.56 Å². The fraction of sp³-hybridized carbons (Fsp3) is 0.136. The van der Waals surface area contributed by atoms with E-state index in [-0.39, 0.29) is 5.91 Å². The van der Waals surface area contributed by atoms with E-state index in [0.29, 0.717) is 19.5 Å². The Bertz CT molecular complexity index is 1120. The van der Waals surface area contributed by atoms with Crippen LogP contribution in [0.1, 0.15) is 16.7 Å². The third-order valence-electron chi connectivity index (χ3n) is 5.11. The number of aromatic amines is 1. The molecule has 4 aromatic rings. The van der Waals surface area contributed by atoms with Crippen molar-refractivity contribution in [3.8, 4) is 11.3 Å². The molecule has 1 amide bonds. The normalized spacial score (nSPS) is 13.8. The van der Waals surface area contributed by atoms with Gasteiger partial charge in [0.15, 0.2) is 0 Å². The Kier molecular flexibility index (Phi) is 3.71. The minimum atomic E-state index is 0.166. The summed E-state index contributed by atoms with van der Waals surface area (Å²) in [6.45, 7) is 1.26. The maximum atomic E-state index is 12.6. The van der Waals surface area contributed by atoms with E-state index in [1.54, 1.807) is 12.4 Å². The van der Waals surface area contributed by atoms with Crippen molar-refractivity contribution in [3.05, 3.63) is 83.7 Å². The number of hydrogen-bond donors (Lipinski definition) is 1. The van der Waals surface area contributed by atoms with E-state index in [0.717, 1.165) is 33.3 Å². The molecule has 1 aliphatic rings. The van der Waals surface area contributed by atoms with Gasteiger partial charge in [-0.15, -0.1) is 0 Å². The zero-order chi connectivity index (χ0) is 18.2. The van der Waals surface area contributed by atoms with Gasteiger partial charge >= 0.3 is 0 Å². The van der Waals surface area contributed by atoms with Crippen LogP contribution in [0.2, 0.25) is 0 Å². The van der Waals surface area contributed by atoms with E-state index >= 15 is 0 Å². The van der Waals surface area contributed by atoms with Gasteiger partial charge in [-0.05, 0) is 41.0 Å². The van der Waals surface area contributed by atoms with Crippen LogP contribution in [-0.2, 0) is 24.3 Å². The fourth-order valence-corrected chi connectivity index (χ4v) is 3.71. The van der Waals surface area contributed by atoms with Crippen molar-refractivity contribution in [3.63, 3.8) is 0 Å². The average Bonchev–Trinajstić information content (AvgIpc) is 3.11. The van der Waals surface area contributed by atoms with Crippen molar-refractivity contribution in [2.45, 2.75) is 19.5 Å². The SMILES string of the molecule is O=C1Cc2cc3[nH]nc(-c4ccncc4)c3cc2CN1Cc1ccccc1. The predicted octanol–water partition coefficient (Wildman–Crippen LogP) is 3.71. The summed E-state index contributed by atoms with van der Waals surface area (Å²) in [6.07, 6.45) is 3.98. The zero-order valence-corrected chi connectivity index (χ0v) is 14.7. The molecule has 0 bridgehead atoms. The van der Waals surface area contributed by atoms with Crippen molar-refractivity contribution in [2.75, 3.05) is 0 Å². The van der Waals surface area contributed by atoms with Gasteiger partial charge in [-0.2, -0.15) is 5.10 Å². The van der Waals surface area contributed by atoms with Crippen molar-refractivity contribution >= 4 is 16.8 Å². The smallest absolute Gasteiger partial charge is 0.227 e. The number of hydrogen-bond acceptors (Lipinski definition) is 3. The van der Waals surface area contributed by atoms with Crippen LogP contribution in [0.4, 0.5) is 0 Å².